The normalized spacial score (nSPS) is 18.1. The van der Waals surface area contributed by atoms with E-state index in [9.17, 15) is 9.59 Å². The smallest absolute Gasteiger partial charge is 0.244 e. The molecule has 3 aromatic rings. The Hall–Kier alpha value is -3.45. The summed E-state index contributed by atoms with van der Waals surface area (Å²) in [5, 5.41) is 7.08. The van der Waals surface area contributed by atoms with E-state index in [0.717, 1.165) is 12.0 Å². The van der Waals surface area contributed by atoms with Gasteiger partial charge in [-0.2, -0.15) is 0 Å². The summed E-state index contributed by atoms with van der Waals surface area (Å²) in [6.07, 6.45) is 4.53. The summed E-state index contributed by atoms with van der Waals surface area (Å²) < 4.78 is 0. The standard InChI is InChI=1S/C31H35ClN4O2/c32-26-14-11-23(12-15-26)13-16-30(37)34-21-27-18-20-36(31(38)29(35-27)17-19-33)22-28(24-7-3-1-4-8-24)25-9-5-2-6-10-25/h1-16,27-29,35H,17-22,33H2,(H,34,37)/b16-13+/t27?,29-/m0/s1. The third kappa shape index (κ3) is 7.78. The molecule has 0 bridgehead atoms. The molecule has 1 unspecified atom stereocenters. The molecular formula is C31H35ClN4O2. The quantitative estimate of drug-likeness (QED) is 0.343. The van der Waals surface area contributed by atoms with Crippen molar-refractivity contribution in [1.29, 1.82) is 0 Å². The molecular weight excluding hydrogens is 496 g/mol. The third-order valence-corrected chi connectivity index (χ3v) is 7.13. The van der Waals surface area contributed by atoms with E-state index in [1.54, 1.807) is 18.2 Å². The number of benzene rings is 3. The SMILES string of the molecule is NCC[C@@H]1NC(CNC(=O)/C=C/c2ccc(Cl)cc2)CCN(CC(c2ccccc2)c2ccccc2)C1=O. The van der Waals surface area contributed by atoms with Gasteiger partial charge in [0.15, 0.2) is 0 Å². The lowest BCUT2D eigenvalue weighted by Crippen LogP contribution is -2.49. The average molecular weight is 531 g/mol. The molecule has 4 rings (SSSR count). The maximum atomic E-state index is 13.6. The zero-order chi connectivity index (χ0) is 26.7. The zero-order valence-electron chi connectivity index (χ0n) is 21.4. The van der Waals surface area contributed by atoms with Crippen LogP contribution in [-0.2, 0) is 9.59 Å². The Morgan fingerprint density at radius 1 is 1.03 bits per heavy atom. The summed E-state index contributed by atoms with van der Waals surface area (Å²) in [5.41, 5.74) is 9.12. The second-order valence-electron chi connectivity index (χ2n) is 9.57. The fourth-order valence-corrected chi connectivity index (χ4v) is 4.95. The van der Waals surface area contributed by atoms with Gasteiger partial charge in [-0.3, -0.25) is 9.59 Å². The zero-order valence-corrected chi connectivity index (χ0v) is 22.2. The lowest BCUT2D eigenvalue weighted by molar-refractivity contribution is -0.133. The van der Waals surface area contributed by atoms with Crippen LogP contribution < -0.4 is 16.4 Å². The van der Waals surface area contributed by atoms with Gasteiger partial charge in [-0.25, -0.2) is 0 Å². The number of nitrogens with zero attached hydrogens (tertiary/aromatic N) is 1. The molecule has 0 aliphatic carbocycles. The van der Waals surface area contributed by atoms with E-state index in [-0.39, 0.29) is 29.8 Å². The first-order valence-electron chi connectivity index (χ1n) is 13.1. The molecule has 198 valence electrons. The van der Waals surface area contributed by atoms with Crippen LogP contribution in [-0.4, -0.2) is 55.0 Å². The van der Waals surface area contributed by atoms with Crippen molar-refractivity contribution in [2.75, 3.05) is 26.2 Å². The molecule has 1 fully saturated rings. The van der Waals surface area contributed by atoms with E-state index in [1.165, 1.54) is 17.2 Å². The Labute approximate surface area is 229 Å². The number of rotatable bonds is 10. The van der Waals surface area contributed by atoms with Crippen LogP contribution in [0.15, 0.2) is 91.0 Å². The van der Waals surface area contributed by atoms with Crippen LogP contribution in [0.1, 0.15) is 35.4 Å². The van der Waals surface area contributed by atoms with Gasteiger partial charge in [0.25, 0.3) is 0 Å². The monoisotopic (exact) mass is 530 g/mol. The Balaban J connectivity index is 1.42. The van der Waals surface area contributed by atoms with Crippen molar-refractivity contribution in [2.24, 2.45) is 5.73 Å². The van der Waals surface area contributed by atoms with E-state index in [0.29, 0.717) is 37.6 Å². The van der Waals surface area contributed by atoms with Crippen molar-refractivity contribution in [3.05, 3.63) is 113 Å². The van der Waals surface area contributed by atoms with E-state index >= 15 is 0 Å². The van der Waals surface area contributed by atoms with Gasteiger partial charge in [0.05, 0.1) is 6.04 Å². The highest BCUT2D eigenvalue weighted by Gasteiger charge is 2.32. The molecule has 2 amide bonds. The molecule has 38 heavy (non-hydrogen) atoms. The van der Waals surface area contributed by atoms with Crippen molar-refractivity contribution in [3.8, 4) is 0 Å². The van der Waals surface area contributed by atoms with E-state index in [4.69, 9.17) is 17.3 Å². The maximum absolute atomic E-state index is 13.6. The van der Waals surface area contributed by atoms with Crippen LogP contribution in [0.3, 0.4) is 0 Å². The first-order chi connectivity index (χ1) is 18.5. The number of hydrogen-bond donors (Lipinski definition) is 3. The number of amides is 2. The molecule has 2 atom stereocenters. The van der Waals surface area contributed by atoms with Gasteiger partial charge in [0.1, 0.15) is 0 Å². The largest absolute Gasteiger partial charge is 0.351 e. The van der Waals surface area contributed by atoms with Crippen molar-refractivity contribution in [1.82, 2.24) is 15.5 Å². The van der Waals surface area contributed by atoms with Crippen LogP contribution in [0.25, 0.3) is 6.08 Å². The first kappa shape index (κ1) is 27.6. The molecule has 0 spiro atoms. The topological polar surface area (TPSA) is 87.5 Å². The highest BCUT2D eigenvalue weighted by atomic mass is 35.5. The Morgan fingerprint density at radius 2 is 1.66 bits per heavy atom. The summed E-state index contributed by atoms with van der Waals surface area (Å²) >= 11 is 5.92. The van der Waals surface area contributed by atoms with Crippen molar-refractivity contribution in [2.45, 2.75) is 30.8 Å². The summed E-state index contributed by atoms with van der Waals surface area (Å²) in [4.78, 5) is 28.0. The van der Waals surface area contributed by atoms with Gasteiger partial charge in [-0.05, 0) is 54.3 Å². The molecule has 6 nitrogen and oxygen atoms in total. The minimum Gasteiger partial charge on any atom is -0.351 e. The number of carbonyl (C=O) groups excluding carboxylic acids is 2. The number of halogens is 1. The van der Waals surface area contributed by atoms with Crippen LogP contribution in [0, 0.1) is 0 Å². The molecule has 3 aromatic carbocycles. The van der Waals surface area contributed by atoms with Gasteiger partial charge >= 0.3 is 0 Å². The highest BCUT2D eigenvalue weighted by Crippen LogP contribution is 2.27. The molecule has 1 aliphatic heterocycles. The van der Waals surface area contributed by atoms with Crippen molar-refractivity contribution < 1.29 is 9.59 Å². The van der Waals surface area contributed by atoms with Crippen molar-refractivity contribution >= 4 is 29.5 Å². The van der Waals surface area contributed by atoms with Crippen LogP contribution in [0.4, 0.5) is 0 Å². The van der Waals surface area contributed by atoms with E-state index in [2.05, 4.69) is 34.9 Å². The molecule has 0 radical (unpaired) electrons. The van der Waals surface area contributed by atoms with E-state index < -0.39 is 0 Å². The third-order valence-electron chi connectivity index (χ3n) is 6.88. The average Bonchev–Trinajstić information content (AvgIpc) is 3.09. The summed E-state index contributed by atoms with van der Waals surface area (Å²) in [7, 11) is 0. The predicted molar refractivity (Wildman–Crippen MR) is 154 cm³/mol. The Bertz CT molecular complexity index is 1160. The number of nitrogens with two attached hydrogens (primary N) is 1. The lowest BCUT2D eigenvalue weighted by atomic mass is 9.90. The summed E-state index contributed by atoms with van der Waals surface area (Å²) in [6.45, 7) is 2.01. The number of hydrogen-bond acceptors (Lipinski definition) is 4. The van der Waals surface area contributed by atoms with Crippen LogP contribution in [0.5, 0.6) is 0 Å². The van der Waals surface area contributed by atoms with Gasteiger partial charge in [-0.1, -0.05) is 84.4 Å². The maximum Gasteiger partial charge on any atom is 0.244 e. The first-order valence-corrected chi connectivity index (χ1v) is 13.5. The fourth-order valence-electron chi connectivity index (χ4n) is 4.82. The minimum absolute atomic E-state index is 0.0414. The second kappa shape index (κ2) is 13.9. The Kier molecular flexibility index (Phi) is 10.1. The molecule has 1 aliphatic rings. The van der Waals surface area contributed by atoms with Gasteiger partial charge < -0.3 is 21.3 Å². The predicted octanol–water partition coefficient (Wildman–Crippen LogP) is 4.21. The number of nitrogens with one attached hydrogen (secondary N) is 2. The van der Waals surface area contributed by atoms with Gasteiger partial charge in [0.2, 0.25) is 11.8 Å². The molecule has 7 heteroatoms. The van der Waals surface area contributed by atoms with Gasteiger partial charge in [0, 0.05) is 42.7 Å². The van der Waals surface area contributed by atoms with Crippen LogP contribution >= 0.6 is 11.6 Å². The van der Waals surface area contributed by atoms with E-state index in [1.807, 2.05) is 53.4 Å². The molecule has 4 N–H and O–H groups in total. The molecule has 1 saturated heterocycles. The minimum atomic E-state index is -0.388. The molecule has 0 saturated carbocycles. The molecule has 0 aromatic heterocycles. The van der Waals surface area contributed by atoms with Crippen molar-refractivity contribution in [3.63, 3.8) is 0 Å². The Morgan fingerprint density at radius 3 is 2.26 bits per heavy atom. The summed E-state index contributed by atoms with van der Waals surface area (Å²) in [6, 6.07) is 27.5. The van der Waals surface area contributed by atoms with Crippen LogP contribution in [0.2, 0.25) is 5.02 Å². The summed E-state index contributed by atoms with van der Waals surface area (Å²) in [5.74, 6) is -0.0596. The molecule has 1 heterocycles. The fraction of sp³-hybridized carbons (Fsp3) is 0.290. The highest BCUT2D eigenvalue weighted by molar-refractivity contribution is 6.30. The van der Waals surface area contributed by atoms with Gasteiger partial charge in [-0.15, -0.1) is 0 Å². The second-order valence-corrected chi connectivity index (χ2v) is 10.0. The lowest BCUT2D eigenvalue weighted by Gasteiger charge is -2.29. The number of carbonyl (C=O) groups is 2.